The molecule has 1 saturated heterocycles. The molecule has 1 aliphatic heterocycles. The zero-order valence-corrected chi connectivity index (χ0v) is 9.90. The molecule has 1 aliphatic rings. The highest BCUT2D eigenvalue weighted by molar-refractivity contribution is 5.92. The van der Waals surface area contributed by atoms with Crippen molar-refractivity contribution in [2.75, 3.05) is 6.54 Å². The van der Waals surface area contributed by atoms with Crippen LogP contribution in [0.15, 0.2) is 10.6 Å². The third-order valence-electron chi connectivity index (χ3n) is 3.21. The Labute approximate surface area is 95.6 Å². The minimum atomic E-state index is 0.0170. The number of hydrogen-bond acceptors (Lipinski definition) is 3. The lowest BCUT2D eigenvalue weighted by atomic mass is 9.99. The van der Waals surface area contributed by atoms with Gasteiger partial charge in [0, 0.05) is 18.7 Å². The topological polar surface area (TPSA) is 46.3 Å². The van der Waals surface area contributed by atoms with Crippen LogP contribution in [0.25, 0.3) is 0 Å². The number of likely N-dealkylation sites (tertiary alicyclic amines) is 1. The Bertz CT molecular complexity index is 373. The number of aromatic nitrogens is 1. The van der Waals surface area contributed by atoms with Gasteiger partial charge < -0.3 is 9.42 Å². The molecule has 1 aromatic rings. The number of carbonyl (C=O) groups excluding carboxylic acids is 1. The molecule has 2 heterocycles. The Morgan fingerprint density at radius 1 is 1.62 bits per heavy atom. The van der Waals surface area contributed by atoms with Gasteiger partial charge in [0.15, 0.2) is 5.69 Å². The van der Waals surface area contributed by atoms with Crippen molar-refractivity contribution in [3.63, 3.8) is 0 Å². The predicted octanol–water partition coefficient (Wildman–Crippen LogP) is 2.39. The van der Waals surface area contributed by atoms with Crippen LogP contribution in [0.1, 0.15) is 48.9 Å². The summed E-state index contributed by atoms with van der Waals surface area (Å²) in [7, 11) is 0. The van der Waals surface area contributed by atoms with Crippen LogP contribution in [-0.2, 0) is 0 Å². The summed E-state index contributed by atoms with van der Waals surface area (Å²) in [5.41, 5.74) is 0.442. The number of aryl methyl sites for hydroxylation is 1. The molecule has 2 rings (SSSR count). The van der Waals surface area contributed by atoms with Crippen molar-refractivity contribution in [2.24, 2.45) is 0 Å². The molecule has 4 nitrogen and oxygen atoms in total. The summed E-state index contributed by atoms with van der Waals surface area (Å²) in [4.78, 5) is 14.1. The summed E-state index contributed by atoms with van der Waals surface area (Å²) in [5, 5.41) is 3.79. The van der Waals surface area contributed by atoms with Crippen LogP contribution in [-0.4, -0.2) is 28.6 Å². The Balaban J connectivity index is 2.13. The molecule has 0 aromatic carbocycles. The third-order valence-corrected chi connectivity index (χ3v) is 3.21. The summed E-state index contributed by atoms with van der Waals surface area (Å²) in [6, 6.07) is 2.09. The second-order valence-electron chi connectivity index (χ2n) is 4.38. The Kier molecular flexibility index (Phi) is 3.27. The van der Waals surface area contributed by atoms with Crippen molar-refractivity contribution in [1.82, 2.24) is 10.1 Å². The number of piperidine rings is 1. The Morgan fingerprint density at radius 2 is 2.44 bits per heavy atom. The monoisotopic (exact) mass is 222 g/mol. The molecule has 0 radical (unpaired) electrons. The molecule has 0 N–H and O–H groups in total. The smallest absolute Gasteiger partial charge is 0.276 e. The van der Waals surface area contributed by atoms with E-state index in [0.717, 1.165) is 25.8 Å². The van der Waals surface area contributed by atoms with Gasteiger partial charge in [0.25, 0.3) is 5.91 Å². The number of carbonyl (C=O) groups is 1. The number of hydrogen-bond donors (Lipinski definition) is 0. The van der Waals surface area contributed by atoms with Crippen molar-refractivity contribution in [2.45, 2.75) is 45.6 Å². The van der Waals surface area contributed by atoms with Crippen LogP contribution in [0.3, 0.4) is 0 Å². The van der Waals surface area contributed by atoms with E-state index >= 15 is 0 Å². The van der Waals surface area contributed by atoms with E-state index in [1.165, 1.54) is 6.42 Å². The van der Waals surface area contributed by atoms with E-state index in [4.69, 9.17) is 4.52 Å². The fraction of sp³-hybridized carbons (Fsp3) is 0.667. The first kappa shape index (κ1) is 11.2. The Hall–Kier alpha value is -1.32. The summed E-state index contributed by atoms with van der Waals surface area (Å²) in [6.07, 6.45) is 4.45. The van der Waals surface area contributed by atoms with Gasteiger partial charge in [0.05, 0.1) is 0 Å². The molecule has 0 bridgehead atoms. The van der Waals surface area contributed by atoms with Crippen LogP contribution in [0, 0.1) is 6.92 Å². The lowest BCUT2D eigenvalue weighted by molar-refractivity contribution is 0.0597. The number of amides is 1. The second kappa shape index (κ2) is 4.68. The van der Waals surface area contributed by atoms with E-state index < -0.39 is 0 Å². The maximum atomic E-state index is 12.2. The molecule has 1 fully saturated rings. The molecule has 0 spiro atoms. The van der Waals surface area contributed by atoms with Crippen LogP contribution in [0.4, 0.5) is 0 Å². The summed E-state index contributed by atoms with van der Waals surface area (Å²) < 4.78 is 4.95. The van der Waals surface area contributed by atoms with E-state index in [-0.39, 0.29) is 5.91 Å². The van der Waals surface area contributed by atoms with Crippen molar-refractivity contribution in [3.05, 3.63) is 17.5 Å². The lowest BCUT2D eigenvalue weighted by Crippen LogP contribution is -2.43. The maximum Gasteiger partial charge on any atom is 0.276 e. The van der Waals surface area contributed by atoms with E-state index in [1.54, 1.807) is 13.0 Å². The van der Waals surface area contributed by atoms with E-state index in [1.807, 2.05) is 4.90 Å². The highest BCUT2D eigenvalue weighted by atomic mass is 16.5. The van der Waals surface area contributed by atoms with Crippen molar-refractivity contribution in [1.29, 1.82) is 0 Å². The molecule has 1 amide bonds. The molecule has 0 saturated carbocycles. The van der Waals surface area contributed by atoms with Gasteiger partial charge in [-0.2, -0.15) is 0 Å². The first-order valence-corrected chi connectivity index (χ1v) is 5.96. The van der Waals surface area contributed by atoms with Crippen LogP contribution in [0.2, 0.25) is 0 Å². The minimum absolute atomic E-state index is 0.0170. The van der Waals surface area contributed by atoms with Gasteiger partial charge in [-0.05, 0) is 32.6 Å². The fourth-order valence-corrected chi connectivity index (χ4v) is 2.31. The summed E-state index contributed by atoms with van der Waals surface area (Å²) in [6.45, 7) is 4.78. The zero-order chi connectivity index (χ0) is 11.5. The predicted molar refractivity (Wildman–Crippen MR) is 60.2 cm³/mol. The molecule has 1 aromatic heterocycles. The quantitative estimate of drug-likeness (QED) is 0.771. The Morgan fingerprint density at radius 3 is 3.06 bits per heavy atom. The van der Waals surface area contributed by atoms with Crippen LogP contribution >= 0.6 is 0 Å². The zero-order valence-electron chi connectivity index (χ0n) is 9.90. The molecule has 4 heteroatoms. The number of nitrogens with zero attached hydrogens (tertiary/aromatic N) is 2. The van der Waals surface area contributed by atoms with Crippen LogP contribution < -0.4 is 0 Å². The molecule has 0 unspecified atom stereocenters. The first-order valence-electron chi connectivity index (χ1n) is 5.96. The highest BCUT2D eigenvalue weighted by Gasteiger charge is 2.27. The molecule has 1 atom stereocenters. The third kappa shape index (κ3) is 2.10. The normalized spacial score (nSPS) is 21.1. The van der Waals surface area contributed by atoms with Crippen molar-refractivity contribution < 1.29 is 9.32 Å². The molecule has 16 heavy (non-hydrogen) atoms. The van der Waals surface area contributed by atoms with Gasteiger partial charge in [-0.3, -0.25) is 4.79 Å². The average Bonchev–Trinajstić information content (AvgIpc) is 2.75. The van der Waals surface area contributed by atoms with Gasteiger partial charge in [0.1, 0.15) is 5.76 Å². The van der Waals surface area contributed by atoms with Gasteiger partial charge >= 0.3 is 0 Å². The summed E-state index contributed by atoms with van der Waals surface area (Å²) in [5.74, 6) is 0.705. The minimum Gasteiger partial charge on any atom is -0.361 e. The molecular weight excluding hydrogens is 204 g/mol. The summed E-state index contributed by atoms with van der Waals surface area (Å²) >= 11 is 0. The van der Waals surface area contributed by atoms with Gasteiger partial charge in [-0.25, -0.2) is 0 Å². The van der Waals surface area contributed by atoms with Crippen molar-refractivity contribution in [3.8, 4) is 0 Å². The number of rotatable bonds is 2. The molecular formula is C12H18N2O2. The highest BCUT2D eigenvalue weighted by Crippen LogP contribution is 2.21. The maximum absolute atomic E-state index is 12.2. The molecule has 88 valence electrons. The SMILES string of the molecule is CC[C@@H]1CCCCN1C(=O)c1cc(C)on1. The van der Waals surface area contributed by atoms with E-state index in [0.29, 0.717) is 17.5 Å². The first-order chi connectivity index (χ1) is 7.72. The van der Waals surface area contributed by atoms with Crippen LogP contribution in [0.5, 0.6) is 0 Å². The van der Waals surface area contributed by atoms with Gasteiger partial charge in [-0.1, -0.05) is 12.1 Å². The van der Waals surface area contributed by atoms with Crippen molar-refractivity contribution >= 4 is 5.91 Å². The molecule has 0 aliphatic carbocycles. The lowest BCUT2D eigenvalue weighted by Gasteiger charge is -2.34. The van der Waals surface area contributed by atoms with Gasteiger partial charge in [0.2, 0.25) is 0 Å². The fourth-order valence-electron chi connectivity index (χ4n) is 2.31. The van der Waals surface area contributed by atoms with E-state index in [2.05, 4.69) is 12.1 Å². The standard InChI is InChI=1S/C12H18N2O2/c1-3-10-6-4-5-7-14(10)12(15)11-8-9(2)16-13-11/h8,10H,3-7H2,1-2H3/t10-/m1/s1. The average molecular weight is 222 g/mol. The second-order valence-corrected chi connectivity index (χ2v) is 4.38. The largest absolute Gasteiger partial charge is 0.361 e. The van der Waals surface area contributed by atoms with Gasteiger partial charge in [-0.15, -0.1) is 0 Å². The van der Waals surface area contributed by atoms with E-state index in [9.17, 15) is 4.79 Å².